The second-order valence-corrected chi connectivity index (χ2v) is 6.54. The number of anilines is 2. The molecule has 4 rings (SSSR count). The van der Waals surface area contributed by atoms with Gasteiger partial charge >= 0.3 is 0 Å². The molecule has 0 atom stereocenters. The lowest BCUT2D eigenvalue weighted by Gasteiger charge is -2.11. The zero-order chi connectivity index (χ0) is 20.9. The molecule has 3 heterocycles. The molecule has 0 unspecified atom stereocenters. The van der Waals surface area contributed by atoms with Gasteiger partial charge in [-0.3, -0.25) is 14.6 Å². The first-order chi connectivity index (χ1) is 14.6. The number of fused-ring (bicyclic) bond motifs is 1. The highest BCUT2D eigenvalue weighted by atomic mass is 16.2. The predicted molar refractivity (Wildman–Crippen MR) is 114 cm³/mol. The number of benzene rings is 1. The Hall–Kier alpha value is -4.33. The van der Waals surface area contributed by atoms with Crippen molar-refractivity contribution in [1.82, 2.24) is 15.0 Å². The maximum absolute atomic E-state index is 12.8. The lowest BCUT2D eigenvalue weighted by Crippen LogP contribution is -2.16. The summed E-state index contributed by atoms with van der Waals surface area (Å²) in [7, 11) is 0. The van der Waals surface area contributed by atoms with E-state index in [1.54, 1.807) is 42.9 Å². The maximum atomic E-state index is 12.8. The number of rotatable bonds is 6. The van der Waals surface area contributed by atoms with Crippen LogP contribution in [0.25, 0.3) is 10.8 Å². The van der Waals surface area contributed by atoms with Gasteiger partial charge in [0, 0.05) is 30.5 Å². The normalized spacial score (nSPS) is 10.5. The predicted octanol–water partition coefficient (Wildman–Crippen LogP) is 2.99. The molecule has 0 spiro atoms. The van der Waals surface area contributed by atoms with Gasteiger partial charge in [0.1, 0.15) is 17.3 Å². The minimum atomic E-state index is -0.583. The van der Waals surface area contributed by atoms with E-state index in [2.05, 4.69) is 25.6 Å². The Balaban J connectivity index is 1.48. The minimum Gasteiger partial charge on any atom is -0.365 e. The third kappa shape index (κ3) is 4.22. The number of nitrogens with zero attached hydrogens (tertiary/aromatic N) is 3. The summed E-state index contributed by atoms with van der Waals surface area (Å²) in [4.78, 5) is 36.5. The summed E-state index contributed by atoms with van der Waals surface area (Å²) >= 11 is 0. The van der Waals surface area contributed by atoms with Gasteiger partial charge in [0.05, 0.1) is 5.56 Å². The van der Waals surface area contributed by atoms with Gasteiger partial charge in [-0.1, -0.05) is 30.3 Å². The van der Waals surface area contributed by atoms with Crippen molar-refractivity contribution in [2.45, 2.75) is 6.54 Å². The van der Waals surface area contributed by atoms with Crippen LogP contribution >= 0.6 is 0 Å². The molecular weight excluding hydrogens is 380 g/mol. The van der Waals surface area contributed by atoms with Crippen LogP contribution in [0.4, 0.5) is 11.6 Å². The van der Waals surface area contributed by atoms with Gasteiger partial charge in [-0.15, -0.1) is 0 Å². The summed E-state index contributed by atoms with van der Waals surface area (Å²) in [5.74, 6) is -0.0226. The number of hydrogen-bond donors (Lipinski definition) is 3. The Morgan fingerprint density at radius 2 is 1.73 bits per heavy atom. The first-order valence-electron chi connectivity index (χ1n) is 9.20. The van der Waals surface area contributed by atoms with Gasteiger partial charge in [-0.25, -0.2) is 9.97 Å². The summed E-state index contributed by atoms with van der Waals surface area (Å²) in [5, 5.41) is 7.92. The number of nitrogens with two attached hydrogens (primary N) is 1. The fraction of sp³-hybridized carbons (Fsp3) is 0.0455. The number of aromatic nitrogens is 3. The molecule has 0 radical (unpaired) electrons. The molecule has 0 bridgehead atoms. The Morgan fingerprint density at radius 1 is 0.900 bits per heavy atom. The molecule has 30 heavy (non-hydrogen) atoms. The van der Waals surface area contributed by atoms with Crippen LogP contribution in [-0.4, -0.2) is 26.8 Å². The summed E-state index contributed by atoms with van der Waals surface area (Å²) in [6.45, 7) is 0.373. The molecule has 0 fully saturated rings. The van der Waals surface area contributed by atoms with E-state index in [1.807, 2.05) is 30.3 Å². The highest BCUT2D eigenvalue weighted by Crippen LogP contribution is 2.19. The summed E-state index contributed by atoms with van der Waals surface area (Å²) in [6.07, 6.45) is 4.87. The molecule has 0 aliphatic rings. The Morgan fingerprint density at radius 3 is 2.50 bits per heavy atom. The molecule has 4 aromatic rings. The van der Waals surface area contributed by atoms with E-state index in [-0.39, 0.29) is 11.6 Å². The smallest absolute Gasteiger partial charge is 0.267 e. The van der Waals surface area contributed by atoms with Crippen molar-refractivity contribution in [3.63, 3.8) is 0 Å². The molecule has 0 saturated carbocycles. The Kier molecular flexibility index (Phi) is 5.29. The molecular formula is C22H18N6O2. The van der Waals surface area contributed by atoms with E-state index in [1.165, 1.54) is 0 Å². The molecule has 0 saturated heterocycles. The molecule has 0 aliphatic heterocycles. The second-order valence-electron chi connectivity index (χ2n) is 6.54. The molecule has 3 aromatic heterocycles. The van der Waals surface area contributed by atoms with Crippen LogP contribution in [0.2, 0.25) is 0 Å². The van der Waals surface area contributed by atoms with Gasteiger partial charge < -0.3 is 16.4 Å². The third-order valence-corrected chi connectivity index (χ3v) is 4.46. The van der Waals surface area contributed by atoms with Crippen molar-refractivity contribution in [3.8, 4) is 0 Å². The van der Waals surface area contributed by atoms with Gasteiger partial charge in [0.2, 0.25) is 0 Å². The molecule has 1 aromatic carbocycles. The highest BCUT2D eigenvalue weighted by molar-refractivity contribution is 6.07. The van der Waals surface area contributed by atoms with E-state index in [0.717, 1.165) is 16.3 Å². The summed E-state index contributed by atoms with van der Waals surface area (Å²) in [5.41, 5.74) is 6.59. The van der Waals surface area contributed by atoms with E-state index < -0.39 is 5.91 Å². The average molecular weight is 398 g/mol. The van der Waals surface area contributed by atoms with Gasteiger partial charge in [0.15, 0.2) is 0 Å². The van der Waals surface area contributed by atoms with E-state index in [4.69, 9.17) is 5.73 Å². The van der Waals surface area contributed by atoms with Crippen molar-refractivity contribution in [3.05, 3.63) is 90.0 Å². The first-order valence-corrected chi connectivity index (χ1v) is 9.20. The SMILES string of the molecule is NC(=O)c1ccc(CNc2ncccc2C(=O)Nc2cc3ccccc3cn2)cn1. The van der Waals surface area contributed by atoms with Crippen molar-refractivity contribution in [1.29, 1.82) is 0 Å². The average Bonchev–Trinajstić information content (AvgIpc) is 2.78. The fourth-order valence-corrected chi connectivity index (χ4v) is 2.93. The van der Waals surface area contributed by atoms with Crippen molar-refractivity contribution in [2.75, 3.05) is 10.6 Å². The standard InChI is InChI=1S/C22H18N6O2/c23-20(29)18-8-7-14(11-25-18)12-27-21-17(6-3-9-24-21)22(30)28-19-10-15-4-1-2-5-16(15)13-26-19/h1-11,13H,12H2,(H2,23,29)(H,24,27)(H,26,28,30). The topological polar surface area (TPSA) is 123 Å². The number of hydrogen-bond acceptors (Lipinski definition) is 6. The second kappa shape index (κ2) is 8.36. The minimum absolute atomic E-state index is 0.194. The number of carbonyl (C=O) groups excluding carboxylic acids is 2. The van der Waals surface area contributed by atoms with E-state index >= 15 is 0 Å². The molecule has 8 heteroatoms. The van der Waals surface area contributed by atoms with Gasteiger partial charge in [-0.05, 0) is 35.2 Å². The summed E-state index contributed by atoms with van der Waals surface area (Å²) < 4.78 is 0. The van der Waals surface area contributed by atoms with Crippen LogP contribution in [0.1, 0.15) is 26.4 Å². The van der Waals surface area contributed by atoms with Gasteiger partial charge in [0.25, 0.3) is 11.8 Å². The van der Waals surface area contributed by atoms with Crippen LogP contribution in [-0.2, 0) is 6.54 Å². The van der Waals surface area contributed by atoms with Crippen LogP contribution in [0.3, 0.4) is 0 Å². The van der Waals surface area contributed by atoms with E-state index in [0.29, 0.717) is 23.7 Å². The Labute approximate surface area is 172 Å². The quantitative estimate of drug-likeness (QED) is 0.459. The highest BCUT2D eigenvalue weighted by Gasteiger charge is 2.13. The van der Waals surface area contributed by atoms with Crippen LogP contribution in [0.5, 0.6) is 0 Å². The largest absolute Gasteiger partial charge is 0.365 e. The molecule has 2 amide bonds. The van der Waals surface area contributed by atoms with Crippen LogP contribution in [0.15, 0.2) is 73.2 Å². The molecule has 8 nitrogen and oxygen atoms in total. The van der Waals surface area contributed by atoms with Gasteiger partial charge in [-0.2, -0.15) is 0 Å². The molecule has 4 N–H and O–H groups in total. The number of carbonyl (C=O) groups is 2. The monoisotopic (exact) mass is 398 g/mol. The first kappa shape index (κ1) is 19.0. The maximum Gasteiger partial charge on any atom is 0.267 e. The van der Waals surface area contributed by atoms with Crippen molar-refractivity contribution < 1.29 is 9.59 Å². The number of pyridine rings is 3. The van der Waals surface area contributed by atoms with Crippen LogP contribution in [0, 0.1) is 0 Å². The fourth-order valence-electron chi connectivity index (χ4n) is 2.93. The van der Waals surface area contributed by atoms with Crippen molar-refractivity contribution >= 4 is 34.2 Å². The Bertz CT molecular complexity index is 1220. The zero-order valence-corrected chi connectivity index (χ0v) is 15.9. The third-order valence-electron chi connectivity index (χ3n) is 4.46. The molecule has 148 valence electrons. The summed E-state index contributed by atoms with van der Waals surface area (Å²) in [6, 6.07) is 16.3. The van der Waals surface area contributed by atoms with E-state index in [9.17, 15) is 9.59 Å². The number of amides is 2. The lowest BCUT2D eigenvalue weighted by molar-refractivity contribution is 0.0993. The van der Waals surface area contributed by atoms with Crippen molar-refractivity contribution in [2.24, 2.45) is 5.73 Å². The number of nitrogens with one attached hydrogen (secondary N) is 2. The zero-order valence-electron chi connectivity index (χ0n) is 15.9. The van der Waals surface area contributed by atoms with Crippen LogP contribution < -0.4 is 16.4 Å². The lowest BCUT2D eigenvalue weighted by atomic mass is 10.2. The molecule has 0 aliphatic carbocycles. The number of primary amides is 1.